The topological polar surface area (TPSA) is 88.4 Å². The molecule has 0 aliphatic carbocycles. The summed E-state index contributed by atoms with van der Waals surface area (Å²) in [5, 5.41) is 8.35. The molecule has 0 saturated heterocycles. The normalized spacial score (nSPS) is 15.7. The van der Waals surface area contributed by atoms with E-state index in [0.29, 0.717) is 19.6 Å². The number of hydrogen-bond acceptors (Lipinski definition) is 6. The number of sulfone groups is 1. The van der Waals surface area contributed by atoms with E-state index in [-0.39, 0.29) is 18.1 Å². The number of aromatic nitrogens is 3. The van der Waals surface area contributed by atoms with Crippen LogP contribution in [0.5, 0.6) is 0 Å². The predicted molar refractivity (Wildman–Crippen MR) is 81.8 cm³/mol. The van der Waals surface area contributed by atoms with Crippen molar-refractivity contribution in [2.24, 2.45) is 0 Å². The van der Waals surface area contributed by atoms with E-state index in [2.05, 4.69) is 10.3 Å². The molecule has 0 spiro atoms. The molecular weight excluding hydrogens is 306 g/mol. The molecule has 1 aromatic heterocycles. The second kappa shape index (κ2) is 6.74. The maximum atomic E-state index is 12.3. The fraction of sp³-hybridized carbons (Fsp3) is 0.769. The number of rotatable bonds is 5. The van der Waals surface area contributed by atoms with Crippen LogP contribution in [-0.4, -0.2) is 71.8 Å². The monoisotopic (exact) mass is 329 g/mol. The highest BCUT2D eigenvalue weighted by Gasteiger charge is 2.23. The lowest BCUT2D eigenvalue weighted by Crippen LogP contribution is -2.32. The van der Waals surface area contributed by atoms with Gasteiger partial charge in [-0.15, -0.1) is 5.10 Å². The molecule has 0 saturated carbocycles. The molecule has 9 heteroatoms. The quantitative estimate of drug-likeness (QED) is 0.724. The zero-order valence-electron chi connectivity index (χ0n) is 13.3. The number of aryl methyl sites for hydroxylation is 1. The average molecular weight is 329 g/mol. The number of carbonyl (C=O) groups excluding carboxylic acids is 1. The van der Waals surface area contributed by atoms with Crippen LogP contribution in [0, 0.1) is 0 Å². The molecule has 0 fully saturated rings. The fourth-order valence-electron chi connectivity index (χ4n) is 2.46. The van der Waals surface area contributed by atoms with E-state index in [1.54, 1.807) is 4.90 Å². The molecule has 1 aliphatic rings. The minimum atomic E-state index is -3.12. The Hall–Kier alpha value is -1.48. The summed E-state index contributed by atoms with van der Waals surface area (Å²) in [5.74, 6) is -0.236. The van der Waals surface area contributed by atoms with Crippen molar-refractivity contribution in [3.8, 4) is 0 Å². The molecule has 0 aromatic carbocycles. The third-order valence-electron chi connectivity index (χ3n) is 3.56. The molecule has 0 bridgehead atoms. The lowest BCUT2D eigenvalue weighted by Gasteiger charge is -2.20. The molecule has 0 radical (unpaired) electrons. The van der Waals surface area contributed by atoms with Crippen LogP contribution in [0.2, 0.25) is 0 Å². The molecule has 124 valence electrons. The minimum absolute atomic E-state index is 0.0312. The van der Waals surface area contributed by atoms with Crippen molar-refractivity contribution in [1.82, 2.24) is 24.8 Å². The van der Waals surface area contributed by atoms with Crippen molar-refractivity contribution in [2.45, 2.75) is 32.5 Å². The number of fused-ring (bicyclic) bond motifs is 1. The van der Waals surface area contributed by atoms with Crippen LogP contribution < -0.4 is 0 Å². The van der Waals surface area contributed by atoms with E-state index in [1.807, 2.05) is 23.7 Å². The smallest absolute Gasteiger partial charge is 0.223 e. The summed E-state index contributed by atoms with van der Waals surface area (Å²) >= 11 is 0. The van der Waals surface area contributed by atoms with Crippen LogP contribution in [0.4, 0.5) is 0 Å². The van der Waals surface area contributed by atoms with Gasteiger partial charge in [-0.3, -0.25) is 4.79 Å². The Labute approximate surface area is 131 Å². The zero-order valence-corrected chi connectivity index (χ0v) is 14.1. The fourth-order valence-corrected chi connectivity index (χ4v) is 3.00. The summed E-state index contributed by atoms with van der Waals surface area (Å²) in [6, 6.07) is 0. The first-order valence-corrected chi connectivity index (χ1v) is 9.34. The molecule has 0 N–H and O–H groups in total. The first kappa shape index (κ1) is 16.9. The van der Waals surface area contributed by atoms with E-state index in [1.165, 1.54) is 0 Å². The first-order chi connectivity index (χ1) is 10.3. The highest BCUT2D eigenvalue weighted by Crippen LogP contribution is 2.16. The highest BCUT2D eigenvalue weighted by atomic mass is 32.2. The van der Waals surface area contributed by atoms with Gasteiger partial charge in [0.1, 0.15) is 15.5 Å². The predicted octanol–water partition coefficient (Wildman–Crippen LogP) is -0.493. The Morgan fingerprint density at radius 1 is 1.32 bits per heavy atom. The van der Waals surface area contributed by atoms with Crippen molar-refractivity contribution in [3.63, 3.8) is 0 Å². The van der Waals surface area contributed by atoms with Crippen molar-refractivity contribution >= 4 is 15.7 Å². The summed E-state index contributed by atoms with van der Waals surface area (Å²) in [6.45, 7) is 2.46. The van der Waals surface area contributed by atoms with Gasteiger partial charge in [0.2, 0.25) is 5.91 Å². The summed E-state index contributed by atoms with van der Waals surface area (Å²) in [7, 11) is 0.787. The van der Waals surface area contributed by atoms with Crippen LogP contribution in [0.1, 0.15) is 24.2 Å². The number of carbonyl (C=O) groups is 1. The van der Waals surface area contributed by atoms with Crippen molar-refractivity contribution < 1.29 is 13.2 Å². The first-order valence-electron chi connectivity index (χ1n) is 7.28. The van der Waals surface area contributed by atoms with Gasteiger partial charge in [0.25, 0.3) is 0 Å². The van der Waals surface area contributed by atoms with Crippen LogP contribution >= 0.6 is 0 Å². The van der Waals surface area contributed by atoms with Gasteiger partial charge >= 0.3 is 0 Å². The van der Waals surface area contributed by atoms with E-state index < -0.39 is 9.84 Å². The molecule has 0 atom stereocenters. The molecule has 0 unspecified atom stereocenters. The van der Waals surface area contributed by atoms with E-state index in [9.17, 15) is 13.2 Å². The molecular formula is C13H23N5O3S. The SMILES string of the molecule is CN(C)Cc1nnn2c1CN(C(=O)CCS(C)(=O)=O)CCC2. The second-order valence-corrected chi connectivity index (χ2v) is 8.25. The number of amides is 1. The third-order valence-corrected chi connectivity index (χ3v) is 4.51. The molecule has 1 aromatic rings. The largest absolute Gasteiger partial charge is 0.337 e. The van der Waals surface area contributed by atoms with Crippen LogP contribution in [0.25, 0.3) is 0 Å². The van der Waals surface area contributed by atoms with Crippen LogP contribution in [0.3, 0.4) is 0 Å². The Balaban J connectivity index is 2.10. The van der Waals surface area contributed by atoms with Gasteiger partial charge in [0.05, 0.1) is 18.0 Å². The molecule has 2 heterocycles. The summed E-state index contributed by atoms with van der Waals surface area (Å²) < 4.78 is 24.3. The van der Waals surface area contributed by atoms with Gasteiger partial charge in [-0.2, -0.15) is 0 Å². The van der Waals surface area contributed by atoms with E-state index >= 15 is 0 Å². The lowest BCUT2D eigenvalue weighted by atomic mass is 10.2. The average Bonchev–Trinajstić information content (AvgIpc) is 2.65. The van der Waals surface area contributed by atoms with Gasteiger partial charge in [0, 0.05) is 32.3 Å². The van der Waals surface area contributed by atoms with Gasteiger partial charge < -0.3 is 9.80 Å². The van der Waals surface area contributed by atoms with Crippen LogP contribution in [0.15, 0.2) is 0 Å². The zero-order chi connectivity index (χ0) is 16.3. The minimum Gasteiger partial charge on any atom is -0.337 e. The van der Waals surface area contributed by atoms with Crippen LogP contribution in [-0.2, 0) is 34.3 Å². The second-order valence-electron chi connectivity index (χ2n) is 5.99. The van der Waals surface area contributed by atoms with E-state index in [4.69, 9.17) is 0 Å². The summed E-state index contributed by atoms with van der Waals surface area (Å²) in [6.07, 6.45) is 1.97. The summed E-state index contributed by atoms with van der Waals surface area (Å²) in [5.41, 5.74) is 1.81. The molecule has 1 amide bonds. The van der Waals surface area contributed by atoms with Gasteiger partial charge in [-0.25, -0.2) is 13.1 Å². The van der Waals surface area contributed by atoms with E-state index in [0.717, 1.165) is 30.6 Å². The molecule has 22 heavy (non-hydrogen) atoms. The van der Waals surface area contributed by atoms with Crippen molar-refractivity contribution in [3.05, 3.63) is 11.4 Å². The maximum Gasteiger partial charge on any atom is 0.223 e. The highest BCUT2D eigenvalue weighted by molar-refractivity contribution is 7.90. The number of hydrogen-bond donors (Lipinski definition) is 0. The summed E-state index contributed by atoms with van der Waals surface area (Å²) in [4.78, 5) is 16.0. The Kier molecular flexibility index (Phi) is 5.17. The van der Waals surface area contributed by atoms with Crippen molar-refractivity contribution in [2.75, 3.05) is 32.6 Å². The Bertz CT molecular complexity index is 638. The lowest BCUT2D eigenvalue weighted by molar-refractivity contribution is -0.131. The van der Waals surface area contributed by atoms with Crippen molar-refractivity contribution in [1.29, 1.82) is 0 Å². The maximum absolute atomic E-state index is 12.3. The molecule has 1 aliphatic heterocycles. The Morgan fingerprint density at radius 2 is 2.05 bits per heavy atom. The molecule has 8 nitrogen and oxygen atoms in total. The Morgan fingerprint density at radius 3 is 2.68 bits per heavy atom. The van der Waals surface area contributed by atoms with Gasteiger partial charge in [0.15, 0.2) is 0 Å². The van der Waals surface area contributed by atoms with Gasteiger partial charge in [-0.1, -0.05) is 5.21 Å². The third kappa shape index (κ3) is 4.51. The standard InChI is InChI=1S/C13H23N5O3S/c1-16(2)9-11-12-10-17(6-4-7-18(12)15-14-11)13(19)5-8-22(3,20)21/h4-10H2,1-3H3. The number of nitrogens with zero attached hydrogens (tertiary/aromatic N) is 5. The molecule has 2 rings (SSSR count). The van der Waals surface area contributed by atoms with Gasteiger partial charge in [-0.05, 0) is 20.5 Å².